The summed E-state index contributed by atoms with van der Waals surface area (Å²) in [5, 5.41) is 9.87. The number of rotatable bonds is 8. The van der Waals surface area contributed by atoms with Crippen LogP contribution in [0.3, 0.4) is 0 Å². The Kier molecular flexibility index (Phi) is 7.28. The van der Waals surface area contributed by atoms with Crippen molar-refractivity contribution in [3.8, 4) is 11.1 Å². The largest absolute Gasteiger partial charge is 0.416 e. The van der Waals surface area contributed by atoms with Crippen molar-refractivity contribution in [1.29, 1.82) is 0 Å². The Labute approximate surface area is 265 Å². The van der Waals surface area contributed by atoms with Crippen LogP contribution in [0.15, 0.2) is 53.3 Å². The first-order valence-corrected chi connectivity index (χ1v) is 15.2. The van der Waals surface area contributed by atoms with E-state index in [0.29, 0.717) is 54.7 Å². The number of alkyl halides is 3. The number of halogens is 4. The summed E-state index contributed by atoms with van der Waals surface area (Å²) in [5.74, 6) is 0.155. The Balaban J connectivity index is 1.33. The third-order valence-corrected chi connectivity index (χ3v) is 9.20. The highest BCUT2D eigenvalue weighted by Gasteiger charge is 2.74. The molecule has 2 amide bonds. The Morgan fingerprint density at radius 1 is 1.13 bits per heavy atom. The van der Waals surface area contributed by atoms with Gasteiger partial charge in [-0.1, -0.05) is 42.8 Å². The van der Waals surface area contributed by atoms with Gasteiger partial charge in [-0.05, 0) is 61.4 Å². The zero-order chi connectivity index (χ0) is 32.4. The lowest BCUT2D eigenvalue weighted by atomic mass is 10.0. The molecule has 3 aliphatic rings. The van der Waals surface area contributed by atoms with Gasteiger partial charge in [-0.15, -0.1) is 5.10 Å². The summed E-state index contributed by atoms with van der Waals surface area (Å²) in [6.07, 6.45) is -0.214. The van der Waals surface area contributed by atoms with Gasteiger partial charge in [-0.3, -0.25) is 14.4 Å². The quantitative estimate of drug-likeness (QED) is 0.256. The number of nitrogens with zero attached hydrogens (tertiary/aromatic N) is 4. The van der Waals surface area contributed by atoms with Crippen molar-refractivity contribution < 1.29 is 27.5 Å². The number of carbonyl (C=O) groups excluding carboxylic acids is 2. The van der Waals surface area contributed by atoms with Gasteiger partial charge >= 0.3 is 6.18 Å². The summed E-state index contributed by atoms with van der Waals surface area (Å²) in [5.41, 5.74) is 0.690. The van der Waals surface area contributed by atoms with Crippen LogP contribution in [0.5, 0.6) is 0 Å². The second-order valence-corrected chi connectivity index (χ2v) is 12.2. The molecule has 0 radical (unpaired) electrons. The maximum absolute atomic E-state index is 14.2. The summed E-state index contributed by atoms with van der Waals surface area (Å²) in [6.45, 7) is 2.29. The Morgan fingerprint density at radius 3 is 2.54 bits per heavy atom. The summed E-state index contributed by atoms with van der Waals surface area (Å²) < 4.78 is 47.6. The Hall–Kier alpha value is -4.49. The highest BCUT2D eigenvalue weighted by atomic mass is 35.5. The first-order chi connectivity index (χ1) is 22.0. The third-order valence-electron chi connectivity index (χ3n) is 8.89. The van der Waals surface area contributed by atoms with Crippen LogP contribution in [0.1, 0.15) is 43.3 Å². The van der Waals surface area contributed by atoms with E-state index in [1.807, 2.05) is 13.0 Å². The van der Waals surface area contributed by atoms with Gasteiger partial charge < -0.3 is 19.9 Å². The van der Waals surface area contributed by atoms with Crippen molar-refractivity contribution in [2.45, 2.75) is 45.3 Å². The van der Waals surface area contributed by atoms with Crippen LogP contribution in [0.2, 0.25) is 5.02 Å². The number of aromatic nitrogens is 4. The number of anilines is 2. The van der Waals surface area contributed by atoms with Crippen LogP contribution < -0.4 is 16.2 Å². The van der Waals surface area contributed by atoms with Gasteiger partial charge in [0.2, 0.25) is 17.6 Å². The smallest absolute Gasteiger partial charge is 0.377 e. The van der Waals surface area contributed by atoms with Gasteiger partial charge in [0.1, 0.15) is 6.54 Å². The van der Waals surface area contributed by atoms with Crippen molar-refractivity contribution in [1.82, 2.24) is 19.2 Å². The maximum Gasteiger partial charge on any atom is 0.416 e. The van der Waals surface area contributed by atoms with E-state index in [4.69, 9.17) is 16.3 Å². The molecule has 3 heterocycles. The fourth-order valence-electron chi connectivity index (χ4n) is 6.03. The van der Waals surface area contributed by atoms with Crippen LogP contribution in [0.4, 0.5) is 24.5 Å². The molecule has 46 heavy (non-hydrogen) atoms. The predicted molar refractivity (Wildman–Crippen MR) is 164 cm³/mol. The number of amides is 2. The Morgan fingerprint density at radius 2 is 1.89 bits per heavy atom. The number of benzene rings is 2. The van der Waals surface area contributed by atoms with Crippen LogP contribution in [-0.2, 0) is 33.5 Å². The number of para-hydroxylation sites is 1. The summed E-state index contributed by atoms with van der Waals surface area (Å²) >= 11 is 6.11. The van der Waals surface area contributed by atoms with Crippen molar-refractivity contribution in [2.24, 2.45) is 11.3 Å². The van der Waals surface area contributed by atoms with E-state index in [2.05, 4.69) is 20.7 Å². The molecular formula is C32H28ClF3N6O4. The molecule has 0 bridgehead atoms. The highest BCUT2D eigenvalue weighted by Crippen LogP contribution is 2.75. The molecule has 0 atom stereocenters. The predicted octanol–water partition coefficient (Wildman–Crippen LogP) is 5.58. The van der Waals surface area contributed by atoms with E-state index in [9.17, 15) is 27.6 Å². The van der Waals surface area contributed by atoms with Gasteiger partial charge in [-0.2, -0.15) is 22.7 Å². The number of nitrogens with one attached hydrogen (secondary N) is 2. The number of ether oxygens (including phenoxy) is 1. The minimum absolute atomic E-state index is 0.00425. The fraction of sp³-hybridized carbons (Fsp3) is 0.344. The van der Waals surface area contributed by atoms with Crippen molar-refractivity contribution in [3.05, 3.63) is 81.0 Å². The standard InChI is InChI=1S/C32H28ClF3N6O4/c1-2-24-26(20-5-3-4-6-22(20)38-29(45)31-14-19(31)15-31)28(44)42-30(39-27(40-42)17-9-11-46-12-10-17)41(24)16-25(43)37-23-8-7-18(13-21(23)33)32(34,35)36/h3-9,13,19H,2,10-12,14-16H2,1H3,(H,37,43)(H,38,45). The number of carbonyl (C=O) groups is 2. The summed E-state index contributed by atoms with van der Waals surface area (Å²) in [7, 11) is 0. The molecule has 2 aromatic carbocycles. The maximum atomic E-state index is 14.2. The molecule has 2 saturated carbocycles. The minimum Gasteiger partial charge on any atom is -0.377 e. The average molecular weight is 653 g/mol. The topological polar surface area (TPSA) is 120 Å². The molecule has 7 rings (SSSR count). The van der Waals surface area contributed by atoms with E-state index in [-0.39, 0.29) is 39.9 Å². The molecule has 0 spiro atoms. The third kappa shape index (κ3) is 5.26. The normalized spacial score (nSPS) is 20.2. The second-order valence-electron chi connectivity index (χ2n) is 11.8. The molecule has 10 nitrogen and oxygen atoms in total. The van der Waals surface area contributed by atoms with Gasteiger partial charge in [0.15, 0.2) is 5.82 Å². The van der Waals surface area contributed by atoms with Crippen molar-refractivity contribution >= 4 is 46.1 Å². The van der Waals surface area contributed by atoms with E-state index in [1.165, 1.54) is 0 Å². The molecule has 238 valence electrons. The lowest BCUT2D eigenvalue weighted by molar-refractivity contribution is -0.137. The first-order valence-electron chi connectivity index (χ1n) is 14.9. The van der Waals surface area contributed by atoms with E-state index >= 15 is 0 Å². The van der Waals surface area contributed by atoms with Gasteiger partial charge in [0.05, 0.1) is 40.5 Å². The Bertz CT molecular complexity index is 2010. The molecule has 14 heteroatoms. The van der Waals surface area contributed by atoms with Crippen LogP contribution in [-0.4, -0.2) is 44.2 Å². The molecule has 0 unspecified atom stereocenters. The SMILES string of the molecule is CCc1c(-c2ccccc2NC(=O)C23CC2C3)c(=O)n2nc(C3=CCOCC3)nc2n1CC(=O)Nc1ccc(C(F)(F)F)cc1Cl. The number of hydrogen-bond donors (Lipinski definition) is 2. The molecule has 4 aromatic rings. The highest BCUT2D eigenvalue weighted by molar-refractivity contribution is 6.33. The van der Waals surface area contributed by atoms with Crippen molar-refractivity contribution in [3.63, 3.8) is 0 Å². The van der Waals surface area contributed by atoms with Crippen molar-refractivity contribution in [2.75, 3.05) is 23.8 Å². The number of hydrogen-bond acceptors (Lipinski definition) is 6. The monoisotopic (exact) mass is 652 g/mol. The lowest BCUT2D eigenvalue weighted by Gasteiger charge is -2.19. The fourth-order valence-corrected chi connectivity index (χ4v) is 6.25. The molecule has 1 aliphatic heterocycles. The van der Waals surface area contributed by atoms with Gasteiger partial charge in [-0.25, -0.2) is 0 Å². The molecular weight excluding hydrogens is 625 g/mol. The summed E-state index contributed by atoms with van der Waals surface area (Å²) in [6, 6.07) is 9.65. The van der Waals surface area contributed by atoms with E-state index < -0.39 is 23.2 Å². The lowest BCUT2D eigenvalue weighted by Crippen LogP contribution is -2.29. The second kappa shape index (κ2) is 11.1. The molecule has 2 aliphatic carbocycles. The average Bonchev–Trinajstić information content (AvgIpc) is 3.87. The molecule has 2 fully saturated rings. The van der Waals surface area contributed by atoms with E-state index in [0.717, 1.165) is 41.1 Å². The minimum atomic E-state index is -4.60. The zero-order valence-corrected chi connectivity index (χ0v) is 25.3. The zero-order valence-electron chi connectivity index (χ0n) is 24.6. The molecule has 0 saturated heterocycles. The number of fused-ring (bicyclic) bond motifs is 2. The first kappa shape index (κ1) is 30.2. The van der Waals surface area contributed by atoms with Crippen LogP contribution in [0.25, 0.3) is 22.5 Å². The molecule has 2 N–H and O–H groups in total. The molecule has 2 aromatic heterocycles. The summed E-state index contributed by atoms with van der Waals surface area (Å²) in [4.78, 5) is 45.4. The van der Waals surface area contributed by atoms with Crippen LogP contribution in [0, 0.1) is 11.3 Å². The van der Waals surface area contributed by atoms with E-state index in [1.54, 1.807) is 28.8 Å². The van der Waals surface area contributed by atoms with Gasteiger partial charge in [0, 0.05) is 16.9 Å². The van der Waals surface area contributed by atoms with Crippen LogP contribution >= 0.6 is 11.6 Å². The van der Waals surface area contributed by atoms with Gasteiger partial charge in [0.25, 0.3) is 5.56 Å².